The zero-order chi connectivity index (χ0) is 17.5. The van der Waals surface area contributed by atoms with Gasteiger partial charge in [0.2, 0.25) is 0 Å². The molecule has 0 unspecified atom stereocenters. The lowest BCUT2D eigenvalue weighted by atomic mass is 9.78. The van der Waals surface area contributed by atoms with Gasteiger partial charge in [0.1, 0.15) is 5.78 Å². The number of Topliss-reactive ketones (excluding diaryl/α,β-unsaturated/α-hetero) is 1. The van der Waals surface area contributed by atoms with Gasteiger partial charge in [-0.1, -0.05) is 24.3 Å². The number of rotatable bonds is 3. The molecule has 0 saturated carbocycles. The Morgan fingerprint density at radius 1 is 1.17 bits per heavy atom. The fourth-order valence-corrected chi connectivity index (χ4v) is 3.35. The van der Waals surface area contributed by atoms with Crippen LogP contribution in [0.1, 0.15) is 50.8 Å². The minimum Gasteiger partial charge on any atom is -0.400 e. The number of ketones is 1. The van der Waals surface area contributed by atoms with E-state index < -0.39 is 0 Å². The predicted molar refractivity (Wildman–Crippen MR) is 101 cm³/mol. The molecule has 5 heteroatoms. The minimum absolute atomic E-state index is 0.332. The standard InChI is InChI=1S/C19H25BO3S/c1-18(2)19(3,4)23-20(22-18)16(12-24)10-13-5-6-15-11-17(21)8-7-14(15)9-13/h5-6,9-10,24H,7-8,11-12H2,1-4H3. The topological polar surface area (TPSA) is 35.5 Å². The number of aryl methyl sites for hydroxylation is 1. The van der Waals surface area contributed by atoms with Crippen LogP contribution in [-0.2, 0) is 26.9 Å². The first-order valence-electron chi connectivity index (χ1n) is 8.52. The van der Waals surface area contributed by atoms with E-state index in [9.17, 15) is 4.79 Å². The average molecular weight is 344 g/mol. The lowest BCUT2D eigenvalue weighted by molar-refractivity contribution is -0.118. The fourth-order valence-electron chi connectivity index (χ4n) is 3.11. The van der Waals surface area contributed by atoms with Crippen LogP contribution in [0.25, 0.3) is 6.08 Å². The Bertz CT molecular complexity index is 678. The Kier molecular flexibility index (Phi) is 4.71. The second kappa shape index (κ2) is 6.36. The van der Waals surface area contributed by atoms with E-state index in [0.717, 1.165) is 23.0 Å². The van der Waals surface area contributed by atoms with Crippen LogP contribution in [0.4, 0.5) is 0 Å². The number of hydrogen-bond donors (Lipinski definition) is 1. The van der Waals surface area contributed by atoms with E-state index in [1.54, 1.807) is 0 Å². The lowest BCUT2D eigenvalue weighted by Gasteiger charge is -2.32. The van der Waals surface area contributed by atoms with Gasteiger partial charge in [-0.2, -0.15) is 12.6 Å². The minimum atomic E-state index is -0.370. The van der Waals surface area contributed by atoms with Crippen molar-refractivity contribution in [3.05, 3.63) is 40.4 Å². The molecular formula is C19H25BO3S. The maximum absolute atomic E-state index is 11.6. The highest BCUT2D eigenvalue weighted by atomic mass is 32.1. The number of carbonyl (C=O) groups excluding carboxylic acids is 1. The van der Waals surface area contributed by atoms with Gasteiger partial charge in [0, 0.05) is 18.6 Å². The highest BCUT2D eigenvalue weighted by Gasteiger charge is 2.52. The maximum Gasteiger partial charge on any atom is 0.491 e. The molecule has 1 aromatic rings. The summed E-state index contributed by atoms with van der Waals surface area (Å²) < 4.78 is 12.3. The zero-order valence-electron chi connectivity index (χ0n) is 14.9. The third kappa shape index (κ3) is 3.35. The molecule has 0 bridgehead atoms. The Balaban J connectivity index is 1.85. The normalized spacial score (nSPS) is 22.6. The molecule has 0 radical (unpaired) electrons. The van der Waals surface area contributed by atoms with E-state index >= 15 is 0 Å². The molecule has 0 aromatic heterocycles. The van der Waals surface area contributed by atoms with Crippen molar-refractivity contribution in [3.63, 3.8) is 0 Å². The van der Waals surface area contributed by atoms with Gasteiger partial charge in [-0.3, -0.25) is 4.79 Å². The van der Waals surface area contributed by atoms with Crippen LogP contribution < -0.4 is 0 Å². The van der Waals surface area contributed by atoms with Crippen LogP contribution in [0.3, 0.4) is 0 Å². The Labute approximate surface area is 150 Å². The van der Waals surface area contributed by atoms with E-state index in [0.29, 0.717) is 24.4 Å². The summed E-state index contributed by atoms with van der Waals surface area (Å²) in [5.41, 5.74) is 3.86. The van der Waals surface area contributed by atoms with Crippen molar-refractivity contribution in [3.8, 4) is 0 Å². The molecule has 1 aromatic carbocycles. The van der Waals surface area contributed by atoms with E-state index in [1.807, 2.05) is 0 Å². The highest BCUT2D eigenvalue weighted by Crippen LogP contribution is 2.39. The monoisotopic (exact) mass is 344 g/mol. The van der Waals surface area contributed by atoms with Crippen molar-refractivity contribution in [1.82, 2.24) is 0 Å². The molecule has 0 N–H and O–H groups in total. The number of carbonyl (C=O) groups is 1. The van der Waals surface area contributed by atoms with Crippen molar-refractivity contribution < 1.29 is 14.1 Å². The summed E-state index contributed by atoms with van der Waals surface area (Å²) >= 11 is 4.47. The summed E-state index contributed by atoms with van der Waals surface area (Å²) in [5, 5.41) is 0. The molecule has 1 heterocycles. The number of fused-ring (bicyclic) bond motifs is 1. The molecule has 0 spiro atoms. The summed E-state index contributed by atoms with van der Waals surface area (Å²) in [7, 11) is -0.370. The Hall–Kier alpha value is -1.04. The molecule has 3 rings (SSSR count). The van der Waals surface area contributed by atoms with Crippen LogP contribution in [0.5, 0.6) is 0 Å². The second-order valence-corrected chi connectivity index (χ2v) is 8.03. The molecule has 0 amide bonds. The summed E-state index contributed by atoms with van der Waals surface area (Å²) in [6.07, 6.45) is 4.15. The van der Waals surface area contributed by atoms with Gasteiger partial charge in [-0.05, 0) is 56.3 Å². The maximum atomic E-state index is 11.6. The van der Waals surface area contributed by atoms with Crippen molar-refractivity contribution in [2.45, 2.75) is 58.2 Å². The summed E-state index contributed by atoms with van der Waals surface area (Å²) in [6, 6.07) is 6.31. The number of hydrogen-bond acceptors (Lipinski definition) is 4. The molecule has 0 atom stereocenters. The van der Waals surface area contributed by atoms with E-state index in [-0.39, 0.29) is 18.3 Å². The molecule has 24 heavy (non-hydrogen) atoms. The van der Waals surface area contributed by atoms with Crippen LogP contribution >= 0.6 is 12.6 Å². The highest BCUT2D eigenvalue weighted by molar-refractivity contribution is 7.80. The van der Waals surface area contributed by atoms with Gasteiger partial charge in [-0.25, -0.2) is 0 Å². The smallest absolute Gasteiger partial charge is 0.400 e. The van der Waals surface area contributed by atoms with E-state index in [2.05, 4.69) is 64.6 Å². The average Bonchev–Trinajstić information content (AvgIpc) is 2.73. The Morgan fingerprint density at radius 2 is 1.83 bits per heavy atom. The molecular weight excluding hydrogens is 319 g/mol. The van der Waals surface area contributed by atoms with Gasteiger partial charge in [0.05, 0.1) is 11.2 Å². The van der Waals surface area contributed by atoms with Crippen LogP contribution in [0.15, 0.2) is 23.7 Å². The van der Waals surface area contributed by atoms with Gasteiger partial charge in [-0.15, -0.1) is 0 Å². The largest absolute Gasteiger partial charge is 0.491 e. The molecule has 128 valence electrons. The van der Waals surface area contributed by atoms with Gasteiger partial charge >= 0.3 is 7.12 Å². The molecule has 2 aliphatic rings. The molecule has 1 aliphatic carbocycles. The first-order chi connectivity index (χ1) is 11.2. The summed E-state index contributed by atoms with van der Waals surface area (Å²) in [6.45, 7) is 8.22. The molecule has 1 aliphatic heterocycles. The number of benzene rings is 1. The second-order valence-electron chi connectivity index (χ2n) is 7.71. The van der Waals surface area contributed by atoms with Crippen LogP contribution in [0, 0.1) is 0 Å². The zero-order valence-corrected chi connectivity index (χ0v) is 15.8. The van der Waals surface area contributed by atoms with Crippen molar-refractivity contribution >= 4 is 31.6 Å². The fraction of sp³-hybridized carbons (Fsp3) is 0.526. The summed E-state index contributed by atoms with van der Waals surface area (Å²) in [4.78, 5) is 11.6. The van der Waals surface area contributed by atoms with Crippen molar-refractivity contribution in [1.29, 1.82) is 0 Å². The van der Waals surface area contributed by atoms with E-state index in [1.165, 1.54) is 5.56 Å². The van der Waals surface area contributed by atoms with E-state index in [4.69, 9.17) is 9.31 Å². The van der Waals surface area contributed by atoms with Crippen molar-refractivity contribution in [2.75, 3.05) is 5.75 Å². The lowest BCUT2D eigenvalue weighted by Crippen LogP contribution is -2.41. The van der Waals surface area contributed by atoms with Gasteiger partial charge in [0.25, 0.3) is 0 Å². The third-order valence-corrected chi connectivity index (χ3v) is 5.75. The SMILES string of the molecule is CC1(C)OB(C(=Cc2ccc3c(c2)CCC(=O)C3)CS)OC1(C)C. The predicted octanol–water partition coefficient (Wildman–Crippen LogP) is 3.69. The first-order valence-corrected chi connectivity index (χ1v) is 9.15. The van der Waals surface area contributed by atoms with Crippen molar-refractivity contribution in [2.24, 2.45) is 0 Å². The van der Waals surface area contributed by atoms with Crippen LogP contribution in [0.2, 0.25) is 0 Å². The molecule has 1 fully saturated rings. The third-order valence-electron chi connectivity index (χ3n) is 5.38. The first kappa shape index (κ1) is 17.8. The van der Waals surface area contributed by atoms with Crippen LogP contribution in [-0.4, -0.2) is 29.9 Å². The summed E-state index contributed by atoms with van der Waals surface area (Å²) in [5.74, 6) is 0.908. The van der Waals surface area contributed by atoms with Gasteiger partial charge < -0.3 is 9.31 Å². The van der Waals surface area contributed by atoms with Gasteiger partial charge in [0.15, 0.2) is 0 Å². The molecule has 3 nitrogen and oxygen atoms in total. The quantitative estimate of drug-likeness (QED) is 0.671. The molecule has 1 saturated heterocycles. The Morgan fingerprint density at radius 3 is 2.46 bits per heavy atom. The number of thiol groups is 1.